The molecule has 0 unspecified atom stereocenters. The van der Waals surface area contributed by atoms with E-state index in [9.17, 15) is 9.59 Å². The summed E-state index contributed by atoms with van der Waals surface area (Å²) >= 11 is 0. The van der Waals surface area contributed by atoms with Crippen LogP contribution in [0.25, 0.3) is 0 Å². The highest BCUT2D eigenvalue weighted by atomic mass is 16.5. The first-order chi connectivity index (χ1) is 12.6. The second kappa shape index (κ2) is 7.77. The van der Waals surface area contributed by atoms with Gasteiger partial charge in [-0.15, -0.1) is 0 Å². The lowest BCUT2D eigenvalue weighted by molar-refractivity contribution is -0.128. The first kappa shape index (κ1) is 17.6. The summed E-state index contributed by atoms with van der Waals surface area (Å²) in [7, 11) is 3.11. The van der Waals surface area contributed by atoms with Gasteiger partial charge in [-0.05, 0) is 36.4 Å². The Balaban J connectivity index is 1.73. The number of nitrogens with zero attached hydrogens (tertiary/aromatic N) is 1. The van der Waals surface area contributed by atoms with E-state index < -0.39 is 6.10 Å². The van der Waals surface area contributed by atoms with Gasteiger partial charge < -0.3 is 24.4 Å². The fourth-order valence-corrected chi connectivity index (χ4v) is 2.66. The molecule has 0 aliphatic carbocycles. The number of ether oxygens (including phenoxy) is 3. The van der Waals surface area contributed by atoms with Crippen molar-refractivity contribution in [2.45, 2.75) is 6.10 Å². The fourth-order valence-electron chi connectivity index (χ4n) is 2.66. The Morgan fingerprint density at radius 1 is 1.15 bits per heavy atom. The highest BCUT2D eigenvalue weighted by molar-refractivity contribution is 5.98. The van der Waals surface area contributed by atoms with Gasteiger partial charge in [0.05, 0.1) is 19.3 Å². The first-order valence-electron chi connectivity index (χ1n) is 8.17. The van der Waals surface area contributed by atoms with E-state index in [-0.39, 0.29) is 25.0 Å². The number of fused-ring (bicyclic) bond motifs is 1. The molecule has 2 aromatic carbocycles. The molecule has 7 nitrogen and oxygen atoms in total. The van der Waals surface area contributed by atoms with Crippen molar-refractivity contribution in [1.29, 1.82) is 0 Å². The third-order valence-electron chi connectivity index (χ3n) is 4.04. The Bertz CT molecular complexity index is 791. The predicted octanol–water partition coefficient (Wildman–Crippen LogP) is 1.61. The van der Waals surface area contributed by atoms with Crippen molar-refractivity contribution < 1.29 is 23.8 Å². The molecular formula is C19H20N2O5. The van der Waals surface area contributed by atoms with Gasteiger partial charge in [-0.3, -0.25) is 9.59 Å². The van der Waals surface area contributed by atoms with Crippen LogP contribution in [0.5, 0.6) is 17.2 Å². The van der Waals surface area contributed by atoms with Crippen LogP contribution in [0.2, 0.25) is 0 Å². The van der Waals surface area contributed by atoms with Gasteiger partial charge in [-0.2, -0.15) is 0 Å². The molecule has 1 N–H and O–H groups in total. The number of likely N-dealkylation sites (N-methyl/N-ethyl adjacent to an activating group) is 1. The van der Waals surface area contributed by atoms with Crippen molar-refractivity contribution in [2.24, 2.45) is 0 Å². The summed E-state index contributed by atoms with van der Waals surface area (Å²) in [5.41, 5.74) is 0.621. The summed E-state index contributed by atoms with van der Waals surface area (Å²) in [5, 5.41) is 2.55. The molecule has 0 aromatic heterocycles. The van der Waals surface area contributed by atoms with Gasteiger partial charge in [-0.25, -0.2) is 0 Å². The number of carbonyl (C=O) groups is 2. The van der Waals surface area contributed by atoms with Crippen LogP contribution in [-0.2, 0) is 9.59 Å². The van der Waals surface area contributed by atoms with Gasteiger partial charge in [0.25, 0.3) is 11.8 Å². The first-order valence-corrected chi connectivity index (χ1v) is 8.17. The average Bonchev–Trinajstić information content (AvgIpc) is 2.70. The number of para-hydroxylation sites is 2. The molecule has 26 heavy (non-hydrogen) atoms. The molecule has 0 spiro atoms. The van der Waals surface area contributed by atoms with Crippen LogP contribution < -0.4 is 24.4 Å². The molecule has 0 bridgehead atoms. The summed E-state index contributed by atoms with van der Waals surface area (Å²) in [6.45, 7) is -0.0252. The van der Waals surface area contributed by atoms with Crippen molar-refractivity contribution in [3.8, 4) is 17.2 Å². The molecule has 2 amide bonds. The maximum atomic E-state index is 12.7. The largest absolute Gasteiger partial charge is 0.497 e. The van der Waals surface area contributed by atoms with Crippen LogP contribution in [0.3, 0.4) is 0 Å². The van der Waals surface area contributed by atoms with Gasteiger partial charge in [0.1, 0.15) is 17.2 Å². The van der Waals surface area contributed by atoms with Crippen molar-refractivity contribution >= 4 is 17.5 Å². The molecular weight excluding hydrogens is 336 g/mol. The maximum Gasteiger partial charge on any atom is 0.265 e. The van der Waals surface area contributed by atoms with E-state index >= 15 is 0 Å². The number of hydrogen-bond donors (Lipinski definition) is 1. The van der Waals surface area contributed by atoms with Gasteiger partial charge in [0.2, 0.25) is 0 Å². The number of carbonyl (C=O) groups excluding carboxylic acids is 2. The Morgan fingerprint density at radius 2 is 1.85 bits per heavy atom. The Hall–Kier alpha value is -3.22. The lowest BCUT2D eigenvalue weighted by atomic mass is 10.1. The summed E-state index contributed by atoms with van der Waals surface area (Å²) in [6, 6.07) is 14.1. The summed E-state index contributed by atoms with van der Waals surface area (Å²) < 4.78 is 16.4. The van der Waals surface area contributed by atoms with Crippen LogP contribution in [0.1, 0.15) is 0 Å². The van der Waals surface area contributed by atoms with E-state index in [1.807, 2.05) is 6.07 Å². The van der Waals surface area contributed by atoms with Crippen molar-refractivity contribution in [3.63, 3.8) is 0 Å². The molecule has 0 saturated heterocycles. The smallest absolute Gasteiger partial charge is 0.265 e. The fraction of sp³-hybridized carbons (Fsp3) is 0.263. The number of methoxy groups -OCH3 is 1. The SMILES string of the molecule is CNC(=O)[C@H]1CN(C(=O)COc2ccc(OC)cc2)c2ccccc2O1. The quantitative estimate of drug-likeness (QED) is 0.881. The Labute approximate surface area is 151 Å². The number of anilines is 1. The summed E-state index contributed by atoms with van der Waals surface area (Å²) in [4.78, 5) is 26.2. The van der Waals surface area contributed by atoms with E-state index in [1.54, 1.807) is 49.6 Å². The van der Waals surface area contributed by atoms with Gasteiger partial charge in [-0.1, -0.05) is 12.1 Å². The maximum absolute atomic E-state index is 12.7. The number of nitrogens with one attached hydrogen (secondary N) is 1. The van der Waals surface area contributed by atoms with E-state index in [0.717, 1.165) is 0 Å². The van der Waals surface area contributed by atoms with E-state index in [0.29, 0.717) is 22.9 Å². The molecule has 1 atom stereocenters. The molecule has 3 rings (SSSR count). The monoisotopic (exact) mass is 356 g/mol. The summed E-state index contributed by atoms with van der Waals surface area (Å²) in [5.74, 6) is 1.21. The van der Waals surface area contributed by atoms with Crippen LogP contribution in [0.15, 0.2) is 48.5 Å². The standard InChI is InChI=1S/C19H20N2O5/c1-20-19(23)17-11-21(15-5-3-4-6-16(15)26-17)18(22)12-25-14-9-7-13(24-2)8-10-14/h3-10,17H,11-12H2,1-2H3,(H,20,23)/t17-/m1/s1. The molecule has 1 heterocycles. The number of amides is 2. The second-order valence-corrected chi connectivity index (χ2v) is 5.66. The van der Waals surface area contributed by atoms with E-state index in [4.69, 9.17) is 14.2 Å². The highest BCUT2D eigenvalue weighted by Crippen LogP contribution is 2.33. The van der Waals surface area contributed by atoms with Crippen molar-refractivity contribution in [3.05, 3.63) is 48.5 Å². The topological polar surface area (TPSA) is 77.1 Å². The molecule has 2 aromatic rings. The number of benzene rings is 2. The number of hydrogen-bond acceptors (Lipinski definition) is 5. The molecule has 7 heteroatoms. The van der Waals surface area contributed by atoms with E-state index in [2.05, 4.69) is 5.32 Å². The lowest BCUT2D eigenvalue weighted by Gasteiger charge is -2.33. The van der Waals surface area contributed by atoms with Gasteiger partial charge in [0, 0.05) is 7.05 Å². The minimum absolute atomic E-state index is 0.126. The van der Waals surface area contributed by atoms with Crippen LogP contribution in [0.4, 0.5) is 5.69 Å². The molecule has 0 fully saturated rings. The number of rotatable bonds is 5. The molecule has 0 radical (unpaired) electrons. The van der Waals surface area contributed by atoms with Crippen LogP contribution in [-0.4, -0.2) is 45.2 Å². The predicted molar refractivity (Wildman–Crippen MR) is 95.8 cm³/mol. The minimum atomic E-state index is -0.764. The van der Waals surface area contributed by atoms with E-state index in [1.165, 1.54) is 11.9 Å². The molecule has 1 aliphatic heterocycles. The molecule has 136 valence electrons. The second-order valence-electron chi connectivity index (χ2n) is 5.66. The lowest BCUT2D eigenvalue weighted by Crippen LogP contribution is -2.51. The van der Waals surface area contributed by atoms with Gasteiger partial charge >= 0.3 is 0 Å². The van der Waals surface area contributed by atoms with Crippen molar-refractivity contribution in [1.82, 2.24) is 5.32 Å². The average molecular weight is 356 g/mol. The zero-order valence-corrected chi connectivity index (χ0v) is 14.6. The Morgan fingerprint density at radius 3 is 2.54 bits per heavy atom. The zero-order valence-electron chi connectivity index (χ0n) is 14.6. The Kier molecular flexibility index (Phi) is 5.26. The summed E-state index contributed by atoms with van der Waals surface area (Å²) in [6.07, 6.45) is -0.764. The van der Waals surface area contributed by atoms with Gasteiger partial charge in [0.15, 0.2) is 12.7 Å². The van der Waals surface area contributed by atoms with Crippen molar-refractivity contribution in [2.75, 3.05) is 32.2 Å². The molecule has 0 saturated carbocycles. The van der Waals surface area contributed by atoms with Crippen LogP contribution in [0, 0.1) is 0 Å². The third-order valence-corrected chi connectivity index (χ3v) is 4.04. The molecule has 1 aliphatic rings. The zero-order chi connectivity index (χ0) is 18.5. The third kappa shape index (κ3) is 3.72. The van der Waals surface area contributed by atoms with Crippen LogP contribution >= 0.6 is 0 Å². The highest BCUT2D eigenvalue weighted by Gasteiger charge is 2.33. The minimum Gasteiger partial charge on any atom is -0.497 e. The normalized spacial score (nSPS) is 15.5.